The van der Waals surface area contributed by atoms with E-state index in [0.29, 0.717) is 36.8 Å². The molecule has 1 aliphatic rings. The summed E-state index contributed by atoms with van der Waals surface area (Å²) < 4.78 is 1.22. The minimum atomic E-state index is -0.946. The fraction of sp³-hybridized carbons (Fsp3) is 0.263. The van der Waals surface area contributed by atoms with E-state index in [1.54, 1.807) is 30.3 Å². The first-order chi connectivity index (χ1) is 13.5. The minimum Gasteiger partial charge on any atom is -0.344 e. The van der Waals surface area contributed by atoms with E-state index in [0.717, 1.165) is 0 Å². The highest BCUT2D eigenvalue weighted by Gasteiger charge is 2.32. The van der Waals surface area contributed by atoms with Crippen LogP contribution in [0.15, 0.2) is 41.3 Å². The Hall–Kier alpha value is -3.62. The third kappa shape index (κ3) is 3.88. The van der Waals surface area contributed by atoms with Crippen LogP contribution in [-0.2, 0) is 20.8 Å². The molecule has 0 saturated carbocycles. The Kier molecular flexibility index (Phi) is 5.73. The van der Waals surface area contributed by atoms with Gasteiger partial charge in [0.05, 0.1) is 12.2 Å². The maximum absolute atomic E-state index is 12.8. The van der Waals surface area contributed by atoms with Gasteiger partial charge in [0.25, 0.3) is 11.5 Å². The molecule has 0 aliphatic carbocycles. The van der Waals surface area contributed by atoms with Crippen molar-refractivity contribution >= 4 is 30.1 Å². The average molecular weight is 382 g/mol. The van der Waals surface area contributed by atoms with E-state index >= 15 is 0 Å². The SMILES string of the molecule is O=CC[C@@H](C=O)NC(=O)C1CCc2ncc(NC(=O)c3ccccc3)c(=O)n21. The highest BCUT2D eigenvalue weighted by atomic mass is 16.2. The first-order valence-corrected chi connectivity index (χ1v) is 8.71. The van der Waals surface area contributed by atoms with Crippen molar-refractivity contribution in [3.05, 3.63) is 58.3 Å². The summed E-state index contributed by atoms with van der Waals surface area (Å²) in [5, 5.41) is 4.97. The number of carbonyl (C=O) groups excluding carboxylic acids is 4. The first-order valence-electron chi connectivity index (χ1n) is 8.71. The van der Waals surface area contributed by atoms with Gasteiger partial charge < -0.3 is 20.2 Å². The second-order valence-electron chi connectivity index (χ2n) is 6.29. The molecule has 3 rings (SSSR count). The fourth-order valence-corrected chi connectivity index (χ4v) is 3.05. The Morgan fingerprint density at radius 1 is 1.25 bits per heavy atom. The number of aromatic nitrogens is 2. The van der Waals surface area contributed by atoms with E-state index in [9.17, 15) is 24.0 Å². The van der Waals surface area contributed by atoms with Crippen molar-refractivity contribution in [2.75, 3.05) is 5.32 Å². The lowest BCUT2D eigenvalue weighted by atomic mass is 10.1. The van der Waals surface area contributed by atoms with E-state index in [1.807, 2.05) is 0 Å². The molecular weight excluding hydrogens is 364 g/mol. The van der Waals surface area contributed by atoms with Gasteiger partial charge >= 0.3 is 0 Å². The number of hydrogen-bond acceptors (Lipinski definition) is 6. The first kappa shape index (κ1) is 19.2. The van der Waals surface area contributed by atoms with Crippen LogP contribution in [0.3, 0.4) is 0 Å². The number of amides is 2. The number of aryl methyl sites for hydroxylation is 1. The second-order valence-corrected chi connectivity index (χ2v) is 6.29. The van der Waals surface area contributed by atoms with Crippen molar-refractivity contribution in [3.8, 4) is 0 Å². The van der Waals surface area contributed by atoms with Crippen LogP contribution in [0.1, 0.15) is 35.1 Å². The molecule has 9 heteroatoms. The van der Waals surface area contributed by atoms with Crippen molar-refractivity contribution in [2.24, 2.45) is 0 Å². The number of rotatable bonds is 7. The average Bonchev–Trinajstić information content (AvgIpc) is 3.15. The van der Waals surface area contributed by atoms with Crippen LogP contribution >= 0.6 is 0 Å². The predicted octanol–water partition coefficient (Wildman–Crippen LogP) is 0.256. The van der Waals surface area contributed by atoms with Crippen molar-refractivity contribution in [1.29, 1.82) is 0 Å². The standard InChI is InChI=1S/C19H18N4O5/c24-9-8-13(11-25)21-18(27)15-6-7-16-20-10-14(19(28)23(15)16)22-17(26)12-4-2-1-3-5-12/h1-5,9-11,13,15H,6-8H2,(H,21,27)(H,22,26)/t13-,15?/m0/s1. The number of hydrogen-bond donors (Lipinski definition) is 2. The van der Waals surface area contributed by atoms with Crippen LogP contribution in [0.5, 0.6) is 0 Å². The zero-order chi connectivity index (χ0) is 20.1. The molecule has 2 atom stereocenters. The summed E-state index contributed by atoms with van der Waals surface area (Å²) in [5.74, 6) is -0.597. The summed E-state index contributed by atoms with van der Waals surface area (Å²) >= 11 is 0. The van der Waals surface area contributed by atoms with Gasteiger partial charge in [0.2, 0.25) is 5.91 Å². The van der Waals surface area contributed by atoms with Gasteiger partial charge in [-0.15, -0.1) is 0 Å². The Morgan fingerprint density at radius 3 is 2.68 bits per heavy atom. The number of nitrogens with one attached hydrogen (secondary N) is 2. The summed E-state index contributed by atoms with van der Waals surface area (Å²) in [6.07, 6.45) is 2.87. The number of fused-ring (bicyclic) bond motifs is 1. The fourth-order valence-electron chi connectivity index (χ4n) is 3.05. The van der Waals surface area contributed by atoms with Crippen molar-refractivity contribution < 1.29 is 19.2 Å². The lowest BCUT2D eigenvalue weighted by Crippen LogP contribution is -2.42. The van der Waals surface area contributed by atoms with Gasteiger partial charge in [-0.3, -0.25) is 19.0 Å². The quantitative estimate of drug-likeness (QED) is 0.661. The maximum Gasteiger partial charge on any atom is 0.278 e. The van der Waals surface area contributed by atoms with E-state index < -0.39 is 29.5 Å². The Labute approximate surface area is 159 Å². The highest BCUT2D eigenvalue weighted by molar-refractivity contribution is 6.04. The van der Waals surface area contributed by atoms with Crippen molar-refractivity contribution in [1.82, 2.24) is 14.9 Å². The predicted molar refractivity (Wildman–Crippen MR) is 98.9 cm³/mol. The summed E-state index contributed by atoms with van der Waals surface area (Å²) in [6.45, 7) is 0. The van der Waals surface area contributed by atoms with E-state index in [4.69, 9.17) is 0 Å². The van der Waals surface area contributed by atoms with Crippen molar-refractivity contribution in [3.63, 3.8) is 0 Å². The molecule has 2 N–H and O–H groups in total. The van der Waals surface area contributed by atoms with Gasteiger partial charge in [0.1, 0.15) is 30.1 Å². The van der Waals surface area contributed by atoms with Gasteiger partial charge in [-0.25, -0.2) is 4.98 Å². The van der Waals surface area contributed by atoms with Gasteiger partial charge in [0, 0.05) is 18.4 Å². The molecule has 2 heterocycles. The molecule has 1 aromatic heterocycles. The number of aldehydes is 2. The van der Waals surface area contributed by atoms with Gasteiger partial charge in [-0.05, 0) is 18.6 Å². The molecular formula is C19H18N4O5. The normalized spacial score (nSPS) is 15.9. The molecule has 0 saturated heterocycles. The third-order valence-corrected chi connectivity index (χ3v) is 4.45. The summed E-state index contributed by atoms with van der Waals surface area (Å²) in [4.78, 5) is 63.3. The van der Waals surface area contributed by atoms with E-state index in [1.165, 1.54) is 10.8 Å². The van der Waals surface area contributed by atoms with E-state index in [2.05, 4.69) is 15.6 Å². The molecule has 9 nitrogen and oxygen atoms in total. The van der Waals surface area contributed by atoms with Crippen molar-refractivity contribution in [2.45, 2.75) is 31.3 Å². The highest BCUT2D eigenvalue weighted by Crippen LogP contribution is 2.23. The summed E-state index contributed by atoms with van der Waals surface area (Å²) in [5.41, 5.74) is -0.216. The summed E-state index contributed by atoms with van der Waals surface area (Å²) in [7, 11) is 0. The molecule has 144 valence electrons. The molecule has 1 aliphatic heterocycles. The van der Waals surface area contributed by atoms with Gasteiger partial charge in [-0.2, -0.15) is 0 Å². The van der Waals surface area contributed by atoms with Crippen LogP contribution < -0.4 is 16.2 Å². The zero-order valence-corrected chi connectivity index (χ0v) is 14.8. The lowest BCUT2D eigenvalue weighted by Gasteiger charge is -2.17. The molecule has 1 unspecified atom stereocenters. The molecule has 0 fully saturated rings. The molecule has 2 amide bonds. The molecule has 0 radical (unpaired) electrons. The monoisotopic (exact) mass is 382 g/mol. The van der Waals surface area contributed by atoms with Crippen LogP contribution in [0.2, 0.25) is 0 Å². The summed E-state index contributed by atoms with van der Waals surface area (Å²) in [6, 6.07) is 6.57. The van der Waals surface area contributed by atoms with Crippen LogP contribution in [-0.4, -0.2) is 40.0 Å². The number of carbonyl (C=O) groups is 4. The molecule has 0 bridgehead atoms. The molecule has 28 heavy (non-hydrogen) atoms. The maximum atomic E-state index is 12.8. The van der Waals surface area contributed by atoms with Gasteiger partial charge in [0.15, 0.2) is 0 Å². The van der Waals surface area contributed by atoms with E-state index in [-0.39, 0.29) is 12.1 Å². The largest absolute Gasteiger partial charge is 0.344 e. The molecule has 1 aromatic carbocycles. The van der Waals surface area contributed by atoms with Crippen LogP contribution in [0, 0.1) is 0 Å². The number of nitrogens with zero attached hydrogens (tertiary/aromatic N) is 2. The smallest absolute Gasteiger partial charge is 0.278 e. The van der Waals surface area contributed by atoms with Gasteiger partial charge in [-0.1, -0.05) is 18.2 Å². The lowest BCUT2D eigenvalue weighted by molar-refractivity contribution is -0.127. The topological polar surface area (TPSA) is 127 Å². The molecule has 2 aromatic rings. The number of anilines is 1. The Bertz CT molecular complexity index is 970. The Morgan fingerprint density at radius 2 is 2.00 bits per heavy atom. The third-order valence-electron chi connectivity index (χ3n) is 4.45. The van der Waals surface area contributed by atoms with Crippen LogP contribution in [0.25, 0.3) is 0 Å². The minimum absolute atomic E-state index is 0.0443. The number of benzene rings is 1. The molecule has 0 spiro atoms. The second kappa shape index (κ2) is 8.38. The zero-order valence-electron chi connectivity index (χ0n) is 14.8. The van der Waals surface area contributed by atoms with Crippen LogP contribution in [0.4, 0.5) is 5.69 Å². The Balaban J connectivity index is 1.83.